The number of benzene rings is 1. The second-order valence-electron chi connectivity index (χ2n) is 5.99. The van der Waals surface area contributed by atoms with Crippen molar-refractivity contribution in [2.75, 3.05) is 27.2 Å². The van der Waals surface area contributed by atoms with Crippen molar-refractivity contribution in [1.82, 2.24) is 15.5 Å². The zero-order valence-electron chi connectivity index (χ0n) is 13.8. The van der Waals surface area contributed by atoms with Gasteiger partial charge in [0.2, 0.25) is 5.91 Å². The molecule has 5 nitrogen and oxygen atoms in total. The molecule has 1 heterocycles. The third kappa shape index (κ3) is 6.28. The number of hydrogen-bond donors (Lipinski definition) is 3. The normalized spacial score (nSPS) is 21.3. The van der Waals surface area contributed by atoms with E-state index in [0.29, 0.717) is 19.5 Å². The topological polar surface area (TPSA) is 64.6 Å². The van der Waals surface area contributed by atoms with Gasteiger partial charge in [0, 0.05) is 13.1 Å². The van der Waals surface area contributed by atoms with Gasteiger partial charge in [-0.25, -0.2) is 0 Å². The summed E-state index contributed by atoms with van der Waals surface area (Å²) in [4.78, 5) is 14.2. The Kier molecular flexibility index (Phi) is 9.73. The van der Waals surface area contributed by atoms with Crippen LogP contribution in [-0.4, -0.2) is 55.2 Å². The summed E-state index contributed by atoms with van der Waals surface area (Å²) in [6.07, 6.45) is 0.0747. The number of carbonyl (C=O) groups is 1. The lowest BCUT2D eigenvalue weighted by Crippen LogP contribution is -2.43. The molecule has 3 unspecified atom stereocenters. The zero-order valence-corrected chi connectivity index (χ0v) is 15.4. The molecular weight excluding hydrogens is 337 g/mol. The molecule has 1 aromatic rings. The van der Waals surface area contributed by atoms with E-state index in [9.17, 15) is 9.90 Å². The summed E-state index contributed by atoms with van der Waals surface area (Å²) in [7, 11) is 4.02. The Labute approximate surface area is 150 Å². The highest BCUT2D eigenvalue weighted by Gasteiger charge is 2.28. The summed E-state index contributed by atoms with van der Waals surface area (Å²) in [6.45, 7) is 3.11. The van der Waals surface area contributed by atoms with Gasteiger partial charge in [-0.3, -0.25) is 4.79 Å². The van der Waals surface area contributed by atoms with E-state index in [1.807, 2.05) is 14.1 Å². The molecule has 0 radical (unpaired) electrons. The molecule has 1 aliphatic heterocycles. The Morgan fingerprint density at radius 2 is 1.96 bits per heavy atom. The van der Waals surface area contributed by atoms with E-state index in [0.717, 1.165) is 0 Å². The van der Waals surface area contributed by atoms with E-state index in [2.05, 4.69) is 46.7 Å². The summed E-state index contributed by atoms with van der Waals surface area (Å²) < 4.78 is 0. The van der Waals surface area contributed by atoms with E-state index >= 15 is 0 Å². The molecule has 132 valence electrons. The largest absolute Gasteiger partial charge is 0.392 e. The van der Waals surface area contributed by atoms with Gasteiger partial charge in [-0.15, -0.1) is 24.8 Å². The second kappa shape index (κ2) is 10.1. The number of likely N-dealkylation sites (N-methyl/N-ethyl adjacent to an activating group) is 1. The standard InChI is InChI=1S/C16H25N3O2.2ClH/c1-11-4-6-12(7-5-11)15(19(2)3)10-18-16(21)14-8-13(20)9-17-14;;/h4-7,13-15,17,20H,8-10H2,1-3H3,(H,18,21);2*1H. The van der Waals surface area contributed by atoms with Crippen LogP contribution in [0.1, 0.15) is 23.6 Å². The van der Waals surface area contributed by atoms with Crippen molar-refractivity contribution in [2.45, 2.75) is 31.5 Å². The molecule has 2 rings (SSSR count). The first-order chi connectivity index (χ1) is 9.97. The Bertz CT molecular complexity index is 483. The molecule has 3 atom stereocenters. The van der Waals surface area contributed by atoms with Crippen molar-refractivity contribution in [3.8, 4) is 0 Å². The molecule has 7 heteroatoms. The molecule has 1 fully saturated rings. The first kappa shape index (κ1) is 22.1. The lowest BCUT2D eigenvalue weighted by molar-refractivity contribution is -0.123. The maximum absolute atomic E-state index is 12.1. The van der Waals surface area contributed by atoms with Crippen LogP contribution in [0.3, 0.4) is 0 Å². The number of carbonyl (C=O) groups excluding carboxylic acids is 1. The minimum Gasteiger partial charge on any atom is -0.392 e. The van der Waals surface area contributed by atoms with Crippen LogP contribution in [0.25, 0.3) is 0 Å². The minimum atomic E-state index is -0.414. The summed E-state index contributed by atoms with van der Waals surface area (Å²) in [5.41, 5.74) is 2.41. The number of rotatable bonds is 5. The molecule has 23 heavy (non-hydrogen) atoms. The van der Waals surface area contributed by atoms with E-state index < -0.39 is 6.10 Å². The molecule has 1 saturated heterocycles. The lowest BCUT2D eigenvalue weighted by atomic mass is 10.0. The molecule has 1 aliphatic rings. The average molecular weight is 364 g/mol. The number of nitrogens with zero attached hydrogens (tertiary/aromatic N) is 1. The van der Waals surface area contributed by atoms with E-state index in [1.54, 1.807) is 0 Å². The van der Waals surface area contributed by atoms with Crippen molar-refractivity contribution in [1.29, 1.82) is 0 Å². The maximum Gasteiger partial charge on any atom is 0.237 e. The highest BCUT2D eigenvalue weighted by Crippen LogP contribution is 2.18. The molecular formula is C16H27Cl2N3O2. The van der Waals surface area contributed by atoms with Crippen LogP contribution in [0, 0.1) is 6.92 Å². The minimum absolute atomic E-state index is 0. The van der Waals surface area contributed by atoms with Gasteiger partial charge in [0.05, 0.1) is 18.2 Å². The maximum atomic E-state index is 12.1. The first-order valence-corrected chi connectivity index (χ1v) is 7.39. The summed E-state index contributed by atoms with van der Waals surface area (Å²) in [6, 6.07) is 8.24. The summed E-state index contributed by atoms with van der Waals surface area (Å²) in [5, 5.41) is 15.5. The van der Waals surface area contributed by atoms with Gasteiger partial charge in [0.25, 0.3) is 0 Å². The predicted molar refractivity (Wildman–Crippen MR) is 97.5 cm³/mol. The van der Waals surface area contributed by atoms with Crippen LogP contribution in [0.2, 0.25) is 0 Å². The van der Waals surface area contributed by atoms with E-state index in [4.69, 9.17) is 0 Å². The molecule has 0 aliphatic carbocycles. The molecule has 0 bridgehead atoms. The summed E-state index contributed by atoms with van der Waals surface area (Å²) >= 11 is 0. The number of amides is 1. The number of aliphatic hydroxyl groups is 1. The number of aliphatic hydroxyl groups excluding tert-OH is 1. The van der Waals surface area contributed by atoms with Gasteiger partial charge < -0.3 is 20.6 Å². The molecule has 1 amide bonds. The van der Waals surface area contributed by atoms with Crippen LogP contribution < -0.4 is 10.6 Å². The monoisotopic (exact) mass is 363 g/mol. The van der Waals surface area contributed by atoms with Crippen molar-refractivity contribution in [2.24, 2.45) is 0 Å². The Balaban J connectivity index is 0.00000242. The van der Waals surface area contributed by atoms with Crippen molar-refractivity contribution in [3.63, 3.8) is 0 Å². The number of aryl methyl sites for hydroxylation is 1. The van der Waals surface area contributed by atoms with Crippen LogP contribution in [0.5, 0.6) is 0 Å². The molecule has 0 spiro atoms. The third-order valence-electron chi connectivity index (χ3n) is 3.98. The quantitative estimate of drug-likeness (QED) is 0.737. The number of β-amino-alcohol motifs (C(OH)–C–C–N with tert-alkyl or cyclic N) is 1. The Hall–Kier alpha value is -0.850. The smallest absolute Gasteiger partial charge is 0.237 e. The zero-order chi connectivity index (χ0) is 15.4. The van der Waals surface area contributed by atoms with E-state index in [1.165, 1.54) is 11.1 Å². The highest BCUT2D eigenvalue weighted by molar-refractivity contribution is 5.85. The highest BCUT2D eigenvalue weighted by atomic mass is 35.5. The lowest BCUT2D eigenvalue weighted by Gasteiger charge is -2.26. The van der Waals surface area contributed by atoms with Crippen LogP contribution in [0.15, 0.2) is 24.3 Å². The molecule has 0 saturated carbocycles. The first-order valence-electron chi connectivity index (χ1n) is 7.39. The van der Waals surface area contributed by atoms with E-state index in [-0.39, 0.29) is 42.8 Å². The van der Waals surface area contributed by atoms with Crippen LogP contribution in [0.4, 0.5) is 0 Å². The van der Waals surface area contributed by atoms with Gasteiger partial charge in [-0.1, -0.05) is 29.8 Å². The predicted octanol–water partition coefficient (Wildman–Crippen LogP) is 1.28. The van der Waals surface area contributed by atoms with Crippen LogP contribution in [-0.2, 0) is 4.79 Å². The van der Waals surface area contributed by atoms with Gasteiger partial charge >= 0.3 is 0 Å². The van der Waals surface area contributed by atoms with Crippen molar-refractivity contribution >= 4 is 30.7 Å². The second-order valence-corrected chi connectivity index (χ2v) is 5.99. The molecule has 3 N–H and O–H groups in total. The van der Waals surface area contributed by atoms with Crippen molar-refractivity contribution in [3.05, 3.63) is 35.4 Å². The SMILES string of the molecule is Cc1ccc(C(CNC(=O)C2CC(O)CN2)N(C)C)cc1.Cl.Cl. The molecule has 0 aromatic heterocycles. The van der Waals surface area contributed by atoms with Crippen LogP contribution >= 0.6 is 24.8 Å². The number of hydrogen-bond acceptors (Lipinski definition) is 4. The Morgan fingerprint density at radius 1 is 1.35 bits per heavy atom. The van der Waals surface area contributed by atoms with Gasteiger partial charge in [-0.05, 0) is 33.0 Å². The third-order valence-corrected chi connectivity index (χ3v) is 3.98. The van der Waals surface area contributed by atoms with Gasteiger partial charge in [0.1, 0.15) is 0 Å². The number of halogens is 2. The average Bonchev–Trinajstić information content (AvgIpc) is 2.87. The molecule has 1 aromatic carbocycles. The fourth-order valence-corrected chi connectivity index (χ4v) is 2.62. The fraction of sp³-hybridized carbons (Fsp3) is 0.562. The van der Waals surface area contributed by atoms with Gasteiger partial charge in [-0.2, -0.15) is 0 Å². The van der Waals surface area contributed by atoms with Crippen molar-refractivity contribution < 1.29 is 9.90 Å². The Morgan fingerprint density at radius 3 is 2.43 bits per heavy atom. The van der Waals surface area contributed by atoms with Gasteiger partial charge in [0.15, 0.2) is 0 Å². The number of nitrogens with one attached hydrogen (secondary N) is 2. The summed E-state index contributed by atoms with van der Waals surface area (Å²) in [5.74, 6) is -0.0366. The fourth-order valence-electron chi connectivity index (χ4n) is 2.62.